The van der Waals surface area contributed by atoms with Crippen LogP contribution in [0.2, 0.25) is 0 Å². The number of hydrogen-bond acceptors (Lipinski definition) is 5. The highest BCUT2D eigenvalue weighted by molar-refractivity contribution is 7.09. The normalized spacial score (nSPS) is 10.8. The van der Waals surface area contributed by atoms with Crippen LogP contribution in [0.25, 0.3) is 0 Å². The van der Waals surface area contributed by atoms with Crippen molar-refractivity contribution in [3.8, 4) is 0 Å². The van der Waals surface area contributed by atoms with Gasteiger partial charge in [-0.2, -0.15) is 0 Å². The lowest BCUT2D eigenvalue weighted by Gasteiger charge is -2.18. The van der Waals surface area contributed by atoms with Crippen molar-refractivity contribution in [1.82, 2.24) is 15.3 Å². The van der Waals surface area contributed by atoms with E-state index in [1.54, 1.807) is 17.4 Å². The fourth-order valence-electron chi connectivity index (χ4n) is 2.03. The molecule has 20 heavy (non-hydrogen) atoms. The van der Waals surface area contributed by atoms with Crippen LogP contribution in [0, 0.1) is 6.92 Å². The molecule has 5 nitrogen and oxygen atoms in total. The van der Waals surface area contributed by atoms with Gasteiger partial charge in [0, 0.05) is 23.5 Å². The van der Waals surface area contributed by atoms with Gasteiger partial charge in [-0.1, -0.05) is 18.2 Å². The van der Waals surface area contributed by atoms with Crippen LogP contribution >= 0.6 is 11.3 Å². The van der Waals surface area contributed by atoms with Crippen LogP contribution in [-0.2, 0) is 13.1 Å². The van der Waals surface area contributed by atoms with E-state index in [-0.39, 0.29) is 5.91 Å². The summed E-state index contributed by atoms with van der Waals surface area (Å²) in [6.07, 6.45) is 0. The summed E-state index contributed by atoms with van der Waals surface area (Å²) in [6, 6.07) is 7.49. The second-order valence-corrected chi connectivity index (χ2v) is 5.60. The second kappa shape index (κ2) is 6.60. The third-order valence-corrected chi connectivity index (χ3v) is 4.01. The van der Waals surface area contributed by atoms with Crippen LogP contribution in [0.3, 0.4) is 0 Å². The van der Waals surface area contributed by atoms with Crippen LogP contribution in [0.5, 0.6) is 0 Å². The van der Waals surface area contributed by atoms with E-state index in [2.05, 4.69) is 15.3 Å². The van der Waals surface area contributed by atoms with Gasteiger partial charge < -0.3 is 0 Å². The number of benzene rings is 1. The molecule has 0 aliphatic carbocycles. The van der Waals surface area contributed by atoms with Gasteiger partial charge in [0.1, 0.15) is 0 Å². The number of nitrogens with one attached hydrogen (secondary N) is 1. The summed E-state index contributed by atoms with van der Waals surface area (Å²) < 4.78 is 0. The second-order valence-electron chi connectivity index (χ2n) is 4.66. The van der Waals surface area contributed by atoms with Crippen LogP contribution < -0.4 is 11.3 Å². The molecule has 6 heteroatoms. The maximum atomic E-state index is 11.7. The number of rotatable bonds is 5. The molecule has 0 saturated heterocycles. The third kappa shape index (κ3) is 3.41. The van der Waals surface area contributed by atoms with Gasteiger partial charge in [-0.05, 0) is 25.6 Å². The van der Waals surface area contributed by atoms with E-state index < -0.39 is 0 Å². The first kappa shape index (κ1) is 14.6. The van der Waals surface area contributed by atoms with E-state index in [1.165, 1.54) is 4.88 Å². The molecule has 2 aromatic rings. The number of nitrogens with two attached hydrogens (primary N) is 1. The molecule has 0 aliphatic heterocycles. The number of thiazole rings is 1. The topological polar surface area (TPSA) is 71.2 Å². The highest BCUT2D eigenvalue weighted by atomic mass is 32.1. The predicted molar refractivity (Wildman–Crippen MR) is 80.1 cm³/mol. The molecule has 1 aromatic carbocycles. The lowest BCUT2D eigenvalue weighted by atomic mass is 10.1. The van der Waals surface area contributed by atoms with Crippen LogP contribution in [-0.4, -0.2) is 22.8 Å². The molecule has 0 fully saturated rings. The standard InChI is InChI=1S/C14H18N4OS/c1-10-13(20-9-16-10)8-18(2)7-11-5-3-4-6-12(11)14(19)17-15/h3-6,9H,7-8,15H2,1-2H3,(H,17,19). The Bertz CT molecular complexity index is 596. The van der Waals surface area contributed by atoms with E-state index in [0.717, 1.165) is 17.8 Å². The Hall–Kier alpha value is -1.76. The smallest absolute Gasteiger partial charge is 0.265 e. The van der Waals surface area contributed by atoms with Gasteiger partial charge >= 0.3 is 0 Å². The maximum absolute atomic E-state index is 11.7. The zero-order valence-electron chi connectivity index (χ0n) is 11.6. The van der Waals surface area contributed by atoms with Crippen molar-refractivity contribution in [2.75, 3.05) is 7.05 Å². The summed E-state index contributed by atoms with van der Waals surface area (Å²) in [5.41, 5.74) is 6.68. The van der Waals surface area contributed by atoms with Gasteiger partial charge in [0.25, 0.3) is 5.91 Å². The van der Waals surface area contributed by atoms with Crippen molar-refractivity contribution in [2.45, 2.75) is 20.0 Å². The quantitative estimate of drug-likeness (QED) is 0.499. The highest BCUT2D eigenvalue weighted by Gasteiger charge is 2.12. The van der Waals surface area contributed by atoms with Crippen LogP contribution in [0.1, 0.15) is 26.5 Å². The molecule has 1 amide bonds. The van der Waals surface area contributed by atoms with Crippen molar-refractivity contribution >= 4 is 17.2 Å². The Morgan fingerprint density at radius 3 is 2.80 bits per heavy atom. The number of carbonyl (C=O) groups is 1. The summed E-state index contributed by atoms with van der Waals surface area (Å²) in [5, 5.41) is 0. The molecule has 0 radical (unpaired) electrons. The number of nitrogens with zero attached hydrogens (tertiary/aromatic N) is 2. The maximum Gasteiger partial charge on any atom is 0.265 e. The Morgan fingerprint density at radius 1 is 1.40 bits per heavy atom. The van der Waals surface area contributed by atoms with Gasteiger partial charge in [-0.15, -0.1) is 11.3 Å². The summed E-state index contributed by atoms with van der Waals surface area (Å²) >= 11 is 1.65. The number of nitrogen functional groups attached to an aromatic ring is 1. The van der Waals surface area contributed by atoms with Gasteiger partial charge in [0.2, 0.25) is 0 Å². The number of hydrazine groups is 1. The summed E-state index contributed by atoms with van der Waals surface area (Å²) in [7, 11) is 2.02. The minimum atomic E-state index is -0.261. The first-order valence-corrected chi connectivity index (χ1v) is 7.16. The van der Waals surface area contributed by atoms with E-state index in [9.17, 15) is 4.79 Å². The molecular formula is C14H18N4OS. The first-order valence-electron chi connectivity index (χ1n) is 6.28. The van der Waals surface area contributed by atoms with Crippen molar-refractivity contribution < 1.29 is 4.79 Å². The van der Waals surface area contributed by atoms with Crippen molar-refractivity contribution in [3.05, 3.63) is 51.5 Å². The highest BCUT2D eigenvalue weighted by Crippen LogP contribution is 2.17. The number of carbonyl (C=O) groups excluding carboxylic acids is 1. The Labute approximate surface area is 122 Å². The molecule has 1 heterocycles. The van der Waals surface area contributed by atoms with Gasteiger partial charge in [-0.3, -0.25) is 15.1 Å². The molecule has 0 saturated carbocycles. The first-order chi connectivity index (χ1) is 9.61. The number of aryl methyl sites for hydroxylation is 1. The zero-order valence-corrected chi connectivity index (χ0v) is 12.4. The zero-order chi connectivity index (χ0) is 14.5. The van der Waals surface area contributed by atoms with Gasteiger partial charge in [-0.25, -0.2) is 10.8 Å². The van der Waals surface area contributed by atoms with Crippen molar-refractivity contribution in [1.29, 1.82) is 0 Å². The Morgan fingerprint density at radius 2 is 2.15 bits per heavy atom. The fraction of sp³-hybridized carbons (Fsp3) is 0.286. The number of amides is 1. The van der Waals surface area contributed by atoms with E-state index in [1.807, 2.05) is 37.7 Å². The molecule has 0 spiro atoms. The summed E-state index contributed by atoms with van der Waals surface area (Å²) in [6.45, 7) is 3.51. The lowest BCUT2D eigenvalue weighted by molar-refractivity contribution is 0.0952. The minimum absolute atomic E-state index is 0.261. The minimum Gasteiger partial charge on any atom is -0.297 e. The summed E-state index contributed by atoms with van der Waals surface area (Å²) in [4.78, 5) is 19.4. The molecule has 0 atom stereocenters. The van der Waals surface area contributed by atoms with Crippen molar-refractivity contribution in [3.63, 3.8) is 0 Å². The molecular weight excluding hydrogens is 272 g/mol. The fourth-order valence-corrected chi connectivity index (χ4v) is 2.88. The van der Waals surface area contributed by atoms with Crippen LogP contribution in [0.15, 0.2) is 29.8 Å². The van der Waals surface area contributed by atoms with E-state index in [0.29, 0.717) is 12.1 Å². The molecule has 0 aliphatic rings. The average molecular weight is 290 g/mol. The molecule has 106 valence electrons. The van der Waals surface area contributed by atoms with Crippen molar-refractivity contribution in [2.24, 2.45) is 5.84 Å². The lowest BCUT2D eigenvalue weighted by Crippen LogP contribution is -2.31. The average Bonchev–Trinajstić information content (AvgIpc) is 2.84. The number of hydrogen-bond donors (Lipinski definition) is 2. The summed E-state index contributed by atoms with van der Waals surface area (Å²) in [5.74, 6) is 4.95. The molecule has 0 bridgehead atoms. The monoisotopic (exact) mass is 290 g/mol. The predicted octanol–water partition coefficient (Wildman–Crippen LogP) is 1.69. The molecule has 1 aromatic heterocycles. The molecule has 3 N–H and O–H groups in total. The van der Waals surface area contributed by atoms with Crippen LogP contribution in [0.4, 0.5) is 0 Å². The number of aromatic nitrogens is 1. The Kier molecular flexibility index (Phi) is 4.84. The van der Waals surface area contributed by atoms with E-state index >= 15 is 0 Å². The van der Waals surface area contributed by atoms with Gasteiger partial charge in [0.15, 0.2) is 0 Å². The Balaban J connectivity index is 2.10. The molecule has 0 unspecified atom stereocenters. The van der Waals surface area contributed by atoms with Gasteiger partial charge in [0.05, 0.1) is 11.2 Å². The SMILES string of the molecule is Cc1ncsc1CN(C)Cc1ccccc1C(=O)NN. The largest absolute Gasteiger partial charge is 0.297 e. The van der Waals surface area contributed by atoms with E-state index in [4.69, 9.17) is 5.84 Å². The molecule has 2 rings (SSSR count). The third-order valence-electron chi connectivity index (χ3n) is 3.09.